The third kappa shape index (κ3) is 4.46. The number of hydrogen-bond donors (Lipinski definition) is 2. The summed E-state index contributed by atoms with van der Waals surface area (Å²) >= 11 is 0. The fourth-order valence-corrected chi connectivity index (χ4v) is 2.79. The Bertz CT molecular complexity index is 487. The molecule has 21 heavy (non-hydrogen) atoms. The Hall–Kier alpha value is -1.55. The SMILES string of the molecule is CCCNc1cc(C)ccc1C(=O)NCC1CCN(C)C1. The van der Waals surface area contributed by atoms with Gasteiger partial charge in [-0.2, -0.15) is 0 Å². The van der Waals surface area contributed by atoms with Crippen LogP contribution in [0.2, 0.25) is 0 Å². The molecule has 1 heterocycles. The van der Waals surface area contributed by atoms with E-state index < -0.39 is 0 Å². The van der Waals surface area contributed by atoms with Gasteiger partial charge in [-0.25, -0.2) is 0 Å². The van der Waals surface area contributed by atoms with Gasteiger partial charge < -0.3 is 15.5 Å². The molecule has 2 N–H and O–H groups in total. The number of likely N-dealkylation sites (tertiary alicyclic amines) is 1. The smallest absolute Gasteiger partial charge is 0.253 e. The minimum absolute atomic E-state index is 0.0307. The van der Waals surface area contributed by atoms with Crippen molar-refractivity contribution in [2.75, 3.05) is 38.5 Å². The highest BCUT2D eigenvalue weighted by Crippen LogP contribution is 2.18. The fraction of sp³-hybridized carbons (Fsp3) is 0.588. The van der Waals surface area contributed by atoms with Crippen LogP contribution in [0.5, 0.6) is 0 Å². The third-order valence-corrected chi connectivity index (χ3v) is 4.03. The highest BCUT2D eigenvalue weighted by atomic mass is 16.1. The molecule has 0 bridgehead atoms. The highest BCUT2D eigenvalue weighted by molar-refractivity contribution is 5.99. The minimum atomic E-state index is 0.0307. The van der Waals surface area contributed by atoms with Gasteiger partial charge >= 0.3 is 0 Å². The van der Waals surface area contributed by atoms with E-state index in [0.29, 0.717) is 5.92 Å². The Morgan fingerprint density at radius 1 is 1.43 bits per heavy atom. The Labute approximate surface area is 127 Å². The number of nitrogens with zero attached hydrogens (tertiary/aromatic N) is 1. The molecule has 1 aliphatic heterocycles. The molecule has 0 aliphatic carbocycles. The summed E-state index contributed by atoms with van der Waals surface area (Å²) in [5.41, 5.74) is 2.86. The normalized spacial score (nSPS) is 18.7. The maximum Gasteiger partial charge on any atom is 0.253 e. The fourth-order valence-electron chi connectivity index (χ4n) is 2.79. The second-order valence-corrected chi connectivity index (χ2v) is 6.10. The van der Waals surface area contributed by atoms with Gasteiger partial charge in [-0.15, -0.1) is 0 Å². The number of aryl methyl sites for hydroxylation is 1. The minimum Gasteiger partial charge on any atom is -0.384 e. The monoisotopic (exact) mass is 289 g/mol. The van der Waals surface area contributed by atoms with Gasteiger partial charge in [0.2, 0.25) is 0 Å². The van der Waals surface area contributed by atoms with Gasteiger partial charge in [-0.3, -0.25) is 4.79 Å². The van der Waals surface area contributed by atoms with E-state index in [4.69, 9.17) is 0 Å². The summed E-state index contributed by atoms with van der Waals surface area (Å²) in [6.45, 7) is 8.04. The van der Waals surface area contributed by atoms with E-state index in [2.05, 4.69) is 29.5 Å². The lowest BCUT2D eigenvalue weighted by Gasteiger charge is -2.15. The molecule has 2 rings (SSSR count). The van der Waals surface area contributed by atoms with Crippen molar-refractivity contribution in [2.24, 2.45) is 5.92 Å². The zero-order chi connectivity index (χ0) is 15.2. The van der Waals surface area contributed by atoms with Crippen LogP contribution in [-0.2, 0) is 0 Å². The number of amides is 1. The van der Waals surface area contributed by atoms with Crippen molar-refractivity contribution < 1.29 is 4.79 Å². The van der Waals surface area contributed by atoms with E-state index in [1.807, 2.05) is 25.1 Å². The molecule has 116 valence electrons. The lowest BCUT2D eigenvalue weighted by molar-refractivity contribution is 0.0948. The van der Waals surface area contributed by atoms with E-state index in [9.17, 15) is 4.79 Å². The van der Waals surface area contributed by atoms with Gasteiger partial charge in [0.1, 0.15) is 0 Å². The second kappa shape index (κ2) is 7.46. The van der Waals surface area contributed by atoms with E-state index in [-0.39, 0.29) is 5.91 Å². The van der Waals surface area contributed by atoms with Crippen molar-refractivity contribution >= 4 is 11.6 Å². The van der Waals surface area contributed by atoms with Crippen LogP contribution in [0.15, 0.2) is 18.2 Å². The average molecular weight is 289 g/mol. The molecule has 0 spiro atoms. The standard InChI is InChI=1S/C17H27N3O/c1-4-8-18-16-10-13(2)5-6-15(16)17(21)19-11-14-7-9-20(3)12-14/h5-6,10,14,18H,4,7-9,11-12H2,1-3H3,(H,19,21). The predicted molar refractivity (Wildman–Crippen MR) is 87.9 cm³/mol. The van der Waals surface area contributed by atoms with Crippen LogP contribution in [0.25, 0.3) is 0 Å². The first-order chi connectivity index (χ1) is 10.1. The van der Waals surface area contributed by atoms with Gasteiger partial charge in [-0.1, -0.05) is 13.0 Å². The first-order valence-corrected chi connectivity index (χ1v) is 7.91. The lowest BCUT2D eigenvalue weighted by Crippen LogP contribution is -2.31. The summed E-state index contributed by atoms with van der Waals surface area (Å²) in [5, 5.41) is 6.44. The quantitative estimate of drug-likeness (QED) is 0.845. The van der Waals surface area contributed by atoms with Crippen molar-refractivity contribution in [3.63, 3.8) is 0 Å². The van der Waals surface area contributed by atoms with E-state index >= 15 is 0 Å². The van der Waals surface area contributed by atoms with Crippen LogP contribution < -0.4 is 10.6 Å². The maximum absolute atomic E-state index is 12.4. The summed E-state index contributed by atoms with van der Waals surface area (Å²) in [6, 6.07) is 5.97. The summed E-state index contributed by atoms with van der Waals surface area (Å²) in [6.07, 6.45) is 2.22. The lowest BCUT2D eigenvalue weighted by atomic mass is 10.1. The Morgan fingerprint density at radius 2 is 2.24 bits per heavy atom. The molecule has 1 aromatic rings. The van der Waals surface area contributed by atoms with Crippen LogP contribution in [0, 0.1) is 12.8 Å². The summed E-state index contributed by atoms with van der Waals surface area (Å²) in [7, 11) is 2.13. The molecule has 1 saturated heterocycles. The number of benzene rings is 1. The van der Waals surface area contributed by atoms with E-state index in [1.54, 1.807) is 0 Å². The van der Waals surface area contributed by atoms with Gasteiger partial charge in [0.05, 0.1) is 5.56 Å². The number of carbonyl (C=O) groups excluding carboxylic acids is 1. The van der Waals surface area contributed by atoms with Crippen molar-refractivity contribution in [1.82, 2.24) is 10.2 Å². The van der Waals surface area contributed by atoms with E-state index in [1.165, 1.54) is 12.0 Å². The Balaban J connectivity index is 1.97. The van der Waals surface area contributed by atoms with Crippen LogP contribution in [0.4, 0.5) is 5.69 Å². The Morgan fingerprint density at radius 3 is 2.90 bits per heavy atom. The first kappa shape index (κ1) is 15.8. The summed E-state index contributed by atoms with van der Waals surface area (Å²) < 4.78 is 0. The molecule has 1 fully saturated rings. The molecule has 1 amide bonds. The molecule has 1 unspecified atom stereocenters. The van der Waals surface area contributed by atoms with Crippen LogP contribution in [0.1, 0.15) is 35.7 Å². The third-order valence-electron chi connectivity index (χ3n) is 4.03. The molecule has 1 atom stereocenters. The number of nitrogens with one attached hydrogen (secondary N) is 2. The van der Waals surface area contributed by atoms with Crippen LogP contribution in [0.3, 0.4) is 0 Å². The molecule has 1 aromatic carbocycles. The molecular formula is C17H27N3O. The van der Waals surface area contributed by atoms with Crippen molar-refractivity contribution in [3.05, 3.63) is 29.3 Å². The van der Waals surface area contributed by atoms with Gasteiger partial charge in [0.15, 0.2) is 0 Å². The molecule has 4 nitrogen and oxygen atoms in total. The zero-order valence-corrected chi connectivity index (χ0v) is 13.4. The van der Waals surface area contributed by atoms with Crippen LogP contribution >= 0.6 is 0 Å². The van der Waals surface area contributed by atoms with Gasteiger partial charge in [-0.05, 0) is 57.0 Å². The number of rotatable bonds is 6. The number of hydrogen-bond acceptors (Lipinski definition) is 3. The Kier molecular flexibility index (Phi) is 5.62. The molecular weight excluding hydrogens is 262 g/mol. The second-order valence-electron chi connectivity index (χ2n) is 6.10. The van der Waals surface area contributed by atoms with E-state index in [0.717, 1.165) is 43.9 Å². The molecule has 0 aromatic heterocycles. The maximum atomic E-state index is 12.4. The first-order valence-electron chi connectivity index (χ1n) is 7.91. The predicted octanol–water partition coefficient (Wildman–Crippen LogP) is 2.50. The molecule has 1 aliphatic rings. The highest BCUT2D eigenvalue weighted by Gasteiger charge is 2.20. The largest absolute Gasteiger partial charge is 0.384 e. The van der Waals surface area contributed by atoms with Crippen molar-refractivity contribution in [3.8, 4) is 0 Å². The zero-order valence-electron chi connectivity index (χ0n) is 13.4. The van der Waals surface area contributed by atoms with Gasteiger partial charge in [0, 0.05) is 25.3 Å². The summed E-state index contributed by atoms with van der Waals surface area (Å²) in [5.74, 6) is 0.611. The molecule has 4 heteroatoms. The number of anilines is 1. The average Bonchev–Trinajstić information content (AvgIpc) is 2.88. The van der Waals surface area contributed by atoms with Crippen molar-refractivity contribution in [2.45, 2.75) is 26.7 Å². The molecule has 0 radical (unpaired) electrons. The number of carbonyl (C=O) groups is 1. The van der Waals surface area contributed by atoms with Gasteiger partial charge in [0.25, 0.3) is 5.91 Å². The molecule has 0 saturated carbocycles. The van der Waals surface area contributed by atoms with Crippen molar-refractivity contribution in [1.29, 1.82) is 0 Å². The summed E-state index contributed by atoms with van der Waals surface area (Å²) in [4.78, 5) is 14.7. The topological polar surface area (TPSA) is 44.4 Å². The van der Waals surface area contributed by atoms with Crippen LogP contribution in [-0.4, -0.2) is 44.0 Å².